The molecule has 8 heteroatoms. The molecular formula is C13H17F3N4O. The summed E-state index contributed by atoms with van der Waals surface area (Å²) in [5, 5.41) is 0. The van der Waals surface area contributed by atoms with Gasteiger partial charge in [0, 0.05) is 45.3 Å². The summed E-state index contributed by atoms with van der Waals surface area (Å²) in [6.07, 6.45) is -3.19. The van der Waals surface area contributed by atoms with E-state index < -0.39 is 11.7 Å². The molecule has 5 nitrogen and oxygen atoms in total. The number of alkyl halides is 3. The van der Waals surface area contributed by atoms with E-state index in [9.17, 15) is 18.0 Å². The lowest BCUT2D eigenvalue weighted by Crippen LogP contribution is -2.47. The Hall–Kier alpha value is -1.83. The average molecular weight is 302 g/mol. The second kappa shape index (κ2) is 6.30. The molecule has 2 rings (SSSR count). The van der Waals surface area contributed by atoms with Crippen molar-refractivity contribution < 1.29 is 18.0 Å². The Labute approximate surface area is 120 Å². The van der Waals surface area contributed by atoms with Gasteiger partial charge in [0.05, 0.1) is 5.56 Å². The van der Waals surface area contributed by atoms with Gasteiger partial charge in [-0.2, -0.15) is 13.2 Å². The van der Waals surface area contributed by atoms with Crippen molar-refractivity contribution in [3.63, 3.8) is 0 Å². The highest BCUT2D eigenvalue weighted by Crippen LogP contribution is 2.29. The van der Waals surface area contributed by atoms with Crippen molar-refractivity contribution in [1.29, 1.82) is 0 Å². The van der Waals surface area contributed by atoms with Crippen LogP contribution >= 0.6 is 0 Å². The first-order valence-corrected chi connectivity index (χ1v) is 6.65. The van der Waals surface area contributed by atoms with Gasteiger partial charge in [0.2, 0.25) is 5.91 Å². The summed E-state index contributed by atoms with van der Waals surface area (Å²) < 4.78 is 37.4. The van der Waals surface area contributed by atoms with Crippen LogP contribution in [0.4, 0.5) is 19.0 Å². The molecule has 0 unspecified atom stereocenters. The normalized spacial score (nSPS) is 17.0. The first-order chi connectivity index (χ1) is 9.86. The fourth-order valence-corrected chi connectivity index (χ4v) is 2.21. The number of hydrogen-bond donors (Lipinski definition) is 1. The van der Waals surface area contributed by atoms with Crippen molar-refractivity contribution in [2.24, 2.45) is 5.73 Å². The van der Waals surface area contributed by atoms with E-state index in [0.29, 0.717) is 31.9 Å². The van der Waals surface area contributed by atoms with Crippen LogP contribution in [0.5, 0.6) is 0 Å². The summed E-state index contributed by atoms with van der Waals surface area (Å²) in [5.41, 5.74) is 4.36. The van der Waals surface area contributed by atoms with Crippen LogP contribution in [0.25, 0.3) is 0 Å². The van der Waals surface area contributed by atoms with E-state index in [1.807, 2.05) is 4.90 Å². The molecule has 21 heavy (non-hydrogen) atoms. The van der Waals surface area contributed by atoms with Crippen LogP contribution < -0.4 is 10.6 Å². The second-order valence-corrected chi connectivity index (χ2v) is 4.95. The summed E-state index contributed by atoms with van der Waals surface area (Å²) in [6, 6.07) is 2.43. The number of nitrogens with zero attached hydrogens (tertiary/aromatic N) is 3. The largest absolute Gasteiger partial charge is 0.417 e. The Morgan fingerprint density at radius 2 is 1.90 bits per heavy atom. The minimum atomic E-state index is -4.36. The van der Waals surface area contributed by atoms with Gasteiger partial charge >= 0.3 is 6.18 Å². The van der Waals surface area contributed by atoms with E-state index in [0.717, 1.165) is 25.4 Å². The zero-order valence-electron chi connectivity index (χ0n) is 11.4. The average Bonchev–Trinajstić information content (AvgIpc) is 2.45. The third kappa shape index (κ3) is 4.32. The molecule has 1 aromatic rings. The zero-order chi connectivity index (χ0) is 15.5. The first-order valence-electron chi connectivity index (χ1n) is 6.65. The SMILES string of the molecule is NC(=O)CCN1CCN(c2ccc(C(F)(F)F)cn2)CC1. The van der Waals surface area contributed by atoms with E-state index in [4.69, 9.17) is 5.73 Å². The van der Waals surface area contributed by atoms with Crippen LogP contribution in [0.1, 0.15) is 12.0 Å². The summed E-state index contributed by atoms with van der Waals surface area (Å²) in [4.78, 5) is 18.6. The van der Waals surface area contributed by atoms with E-state index in [-0.39, 0.29) is 5.91 Å². The molecule has 0 spiro atoms. The molecular weight excluding hydrogens is 285 g/mol. The highest BCUT2D eigenvalue weighted by molar-refractivity contribution is 5.73. The Morgan fingerprint density at radius 3 is 2.38 bits per heavy atom. The number of pyridine rings is 1. The summed E-state index contributed by atoms with van der Waals surface area (Å²) in [7, 11) is 0. The smallest absolute Gasteiger partial charge is 0.370 e. The number of nitrogens with two attached hydrogens (primary N) is 1. The Balaban J connectivity index is 1.89. The Kier molecular flexibility index (Phi) is 4.66. The van der Waals surface area contributed by atoms with Crippen LogP contribution in [-0.4, -0.2) is 48.5 Å². The van der Waals surface area contributed by atoms with Crippen LogP contribution in [0.15, 0.2) is 18.3 Å². The highest BCUT2D eigenvalue weighted by atomic mass is 19.4. The van der Waals surface area contributed by atoms with Gasteiger partial charge < -0.3 is 10.6 Å². The summed E-state index contributed by atoms with van der Waals surface area (Å²) >= 11 is 0. The van der Waals surface area contributed by atoms with Gasteiger partial charge in [0.15, 0.2) is 0 Å². The van der Waals surface area contributed by atoms with Gasteiger partial charge in [-0.05, 0) is 12.1 Å². The molecule has 2 heterocycles. The molecule has 0 radical (unpaired) electrons. The minimum absolute atomic E-state index is 0.318. The predicted molar refractivity (Wildman–Crippen MR) is 71.7 cm³/mol. The lowest BCUT2D eigenvalue weighted by molar-refractivity contribution is -0.137. The van der Waals surface area contributed by atoms with Gasteiger partial charge in [-0.1, -0.05) is 0 Å². The number of hydrogen-bond acceptors (Lipinski definition) is 4. The standard InChI is InChI=1S/C13H17F3N4O/c14-13(15,16)10-1-2-12(18-9-10)20-7-5-19(6-8-20)4-3-11(17)21/h1-2,9H,3-8H2,(H2,17,21). The fourth-order valence-electron chi connectivity index (χ4n) is 2.21. The van der Waals surface area contributed by atoms with E-state index in [1.165, 1.54) is 6.07 Å². The maximum atomic E-state index is 12.5. The molecule has 0 aromatic carbocycles. The molecule has 1 aliphatic heterocycles. The van der Waals surface area contributed by atoms with E-state index in [2.05, 4.69) is 9.88 Å². The van der Waals surface area contributed by atoms with Crippen LogP contribution in [0.3, 0.4) is 0 Å². The topological polar surface area (TPSA) is 62.5 Å². The van der Waals surface area contributed by atoms with Crippen molar-refractivity contribution in [2.45, 2.75) is 12.6 Å². The summed E-state index contributed by atoms with van der Waals surface area (Å²) in [6.45, 7) is 3.41. The third-order valence-corrected chi connectivity index (χ3v) is 3.45. The number of carbonyl (C=O) groups is 1. The van der Waals surface area contributed by atoms with Crippen LogP contribution in [0.2, 0.25) is 0 Å². The van der Waals surface area contributed by atoms with Crippen molar-refractivity contribution in [3.8, 4) is 0 Å². The number of piperazine rings is 1. The molecule has 0 atom stereocenters. The van der Waals surface area contributed by atoms with Crippen LogP contribution in [-0.2, 0) is 11.0 Å². The number of primary amides is 1. The Morgan fingerprint density at radius 1 is 1.24 bits per heavy atom. The maximum Gasteiger partial charge on any atom is 0.417 e. The van der Waals surface area contributed by atoms with Crippen LogP contribution in [0, 0.1) is 0 Å². The minimum Gasteiger partial charge on any atom is -0.370 e. The lowest BCUT2D eigenvalue weighted by atomic mass is 10.2. The molecule has 1 aromatic heterocycles. The number of carbonyl (C=O) groups excluding carboxylic acids is 1. The van der Waals surface area contributed by atoms with E-state index in [1.54, 1.807) is 0 Å². The molecule has 0 aliphatic carbocycles. The van der Waals surface area contributed by atoms with Crippen molar-refractivity contribution in [3.05, 3.63) is 23.9 Å². The molecule has 1 saturated heterocycles. The molecule has 1 amide bonds. The highest BCUT2D eigenvalue weighted by Gasteiger charge is 2.31. The molecule has 1 aliphatic rings. The Bertz CT molecular complexity index is 481. The third-order valence-electron chi connectivity index (χ3n) is 3.45. The zero-order valence-corrected chi connectivity index (χ0v) is 11.4. The van der Waals surface area contributed by atoms with Crippen molar-refractivity contribution in [2.75, 3.05) is 37.6 Å². The number of anilines is 1. The number of aromatic nitrogens is 1. The van der Waals surface area contributed by atoms with Gasteiger partial charge in [-0.25, -0.2) is 4.98 Å². The number of halogens is 3. The van der Waals surface area contributed by atoms with Gasteiger partial charge in [0.1, 0.15) is 5.82 Å². The van der Waals surface area contributed by atoms with E-state index >= 15 is 0 Å². The molecule has 2 N–H and O–H groups in total. The van der Waals surface area contributed by atoms with Gasteiger partial charge in [-0.3, -0.25) is 9.69 Å². The van der Waals surface area contributed by atoms with Gasteiger partial charge in [-0.15, -0.1) is 0 Å². The number of amides is 1. The number of rotatable bonds is 4. The molecule has 116 valence electrons. The summed E-state index contributed by atoms with van der Waals surface area (Å²) in [5.74, 6) is 0.208. The van der Waals surface area contributed by atoms with Crippen molar-refractivity contribution >= 4 is 11.7 Å². The quantitative estimate of drug-likeness (QED) is 0.904. The molecule has 1 fully saturated rings. The predicted octanol–water partition coefficient (Wildman–Crippen LogP) is 1.10. The van der Waals surface area contributed by atoms with Gasteiger partial charge in [0.25, 0.3) is 0 Å². The second-order valence-electron chi connectivity index (χ2n) is 4.95. The molecule has 0 saturated carbocycles. The van der Waals surface area contributed by atoms with Crippen molar-refractivity contribution in [1.82, 2.24) is 9.88 Å². The monoisotopic (exact) mass is 302 g/mol. The fraction of sp³-hybridized carbons (Fsp3) is 0.538. The lowest BCUT2D eigenvalue weighted by Gasteiger charge is -2.35. The molecule has 0 bridgehead atoms. The first kappa shape index (κ1) is 15.6. The maximum absolute atomic E-state index is 12.5.